The highest BCUT2D eigenvalue weighted by Crippen LogP contribution is 2.28. The van der Waals surface area contributed by atoms with E-state index in [1.165, 1.54) is 12.1 Å². The van der Waals surface area contributed by atoms with Crippen LogP contribution in [-0.4, -0.2) is 42.8 Å². The summed E-state index contributed by atoms with van der Waals surface area (Å²) in [4.78, 5) is 25.1. The van der Waals surface area contributed by atoms with Crippen molar-refractivity contribution in [3.05, 3.63) is 63.7 Å². The Labute approximate surface area is 188 Å². The van der Waals surface area contributed by atoms with Crippen molar-refractivity contribution >= 4 is 23.2 Å². The van der Waals surface area contributed by atoms with Crippen LogP contribution in [0.4, 0.5) is 21.9 Å². The molecule has 0 saturated carbocycles. The smallest absolute Gasteiger partial charge is 0.412 e. The lowest BCUT2D eigenvalue weighted by atomic mass is 10.1. The van der Waals surface area contributed by atoms with E-state index in [-0.39, 0.29) is 5.69 Å². The standard InChI is InChI=1S/C24H28N4O4/c1-24(2,3)32-23(29)26-19-7-5-6-17(14-19)8-9-18-15-21(28(30)31)10-11-22(18)27-13-12-20(16-27)25-4/h5-7,10-11,14-15,20,25H,12-13,16H2,1-4H3,(H,26,29). The Balaban J connectivity index is 1.86. The molecule has 1 amide bonds. The molecule has 1 unspecified atom stereocenters. The monoisotopic (exact) mass is 436 g/mol. The summed E-state index contributed by atoms with van der Waals surface area (Å²) in [5.74, 6) is 6.16. The molecule has 168 valence electrons. The summed E-state index contributed by atoms with van der Waals surface area (Å²) >= 11 is 0. The zero-order chi connectivity index (χ0) is 23.3. The van der Waals surface area contributed by atoms with Gasteiger partial charge >= 0.3 is 6.09 Å². The van der Waals surface area contributed by atoms with Gasteiger partial charge in [-0.05, 0) is 58.5 Å². The third-order valence-corrected chi connectivity index (χ3v) is 4.98. The molecule has 0 bridgehead atoms. The molecule has 1 heterocycles. The zero-order valence-electron chi connectivity index (χ0n) is 18.8. The number of amides is 1. The first-order valence-corrected chi connectivity index (χ1v) is 10.5. The molecule has 0 spiro atoms. The predicted octanol–water partition coefficient (Wildman–Crippen LogP) is 4.14. The normalized spacial score (nSPS) is 15.6. The number of carbonyl (C=O) groups is 1. The highest BCUT2D eigenvalue weighted by Gasteiger charge is 2.23. The second-order valence-electron chi connectivity index (χ2n) is 8.64. The van der Waals surface area contributed by atoms with Gasteiger partial charge in [0.05, 0.1) is 16.2 Å². The lowest BCUT2D eigenvalue weighted by Crippen LogP contribution is -2.29. The molecule has 0 radical (unpaired) electrons. The SMILES string of the molecule is CNC1CCN(c2ccc([N+](=O)[O-])cc2C#Cc2cccc(NC(=O)OC(C)(C)C)c2)C1. The Morgan fingerprint density at radius 2 is 2.00 bits per heavy atom. The average molecular weight is 437 g/mol. The molecule has 1 atom stereocenters. The number of anilines is 2. The van der Waals surface area contributed by atoms with Crippen molar-refractivity contribution in [1.82, 2.24) is 5.32 Å². The molecular formula is C24H28N4O4. The van der Waals surface area contributed by atoms with Gasteiger partial charge in [-0.15, -0.1) is 0 Å². The number of hydrogen-bond donors (Lipinski definition) is 2. The lowest BCUT2D eigenvalue weighted by Gasteiger charge is -2.20. The topological polar surface area (TPSA) is 96.7 Å². The van der Waals surface area contributed by atoms with Gasteiger partial charge < -0.3 is 15.0 Å². The average Bonchev–Trinajstić information content (AvgIpc) is 3.20. The highest BCUT2D eigenvalue weighted by atomic mass is 16.6. The number of nitrogens with zero attached hydrogens (tertiary/aromatic N) is 2. The summed E-state index contributed by atoms with van der Waals surface area (Å²) < 4.78 is 5.28. The summed E-state index contributed by atoms with van der Waals surface area (Å²) in [7, 11) is 1.93. The molecule has 1 aliphatic rings. The van der Waals surface area contributed by atoms with Crippen molar-refractivity contribution in [1.29, 1.82) is 0 Å². The van der Waals surface area contributed by atoms with E-state index in [1.54, 1.807) is 45.0 Å². The first-order chi connectivity index (χ1) is 15.1. The number of rotatable bonds is 4. The van der Waals surface area contributed by atoms with Crippen LogP contribution in [0.25, 0.3) is 0 Å². The van der Waals surface area contributed by atoms with Crippen molar-refractivity contribution in [2.45, 2.75) is 38.8 Å². The molecule has 8 nitrogen and oxygen atoms in total. The number of nitro benzene ring substituents is 1. The van der Waals surface area contributed by atoms with Crippen LogP contribution in [0.5, 0.6) is 0 Å². The van der Waals surface area contributed by atoms with Gasteiger partial charge in [-0.2, -0.15) is 0 Å². The molecule has 1 saturated heterocycles. The number of hydrogen-bond acceptors (Lipinski definition) is 6. The van der Waals surface area contributed by atoms with E-state index >= 15 is 0 Å². The summed E-state index contributed by atoms with van der Waals surface area (Å²) in [6, 6.07) is 12.2. The molecular weight excluding hydrogens is 408 g/mol. The maximum absolute atomic E-state index is 12.0. The third-order valence-electron chi connectivity index (χ3n) is 4.98. The number of non-ortho nitro benzene ring substituents is 1. The number of benzene rings is 2. The van der Waals surface area contributed by atoms with Crippen LogP contribution < -0.4 is 15.5 Å². The maximum Gasteiger partial charge on any atom is 0.412 e. The Morgan fingerprint density at radius 3 is 2.66 bits per heavy atom. The molecule has 2 aromatic rings. The number of nitrogens with one attached hydrogen (secondary N) is 2. The Kier molecular flexibility index (Phi) is 7.01. The molecule has 8 heteroatoms. The Hall–Kier alpha value is -3.57. The van der Waals surface area contributed by atoms with Crippen LogP contribution >= 0.6 is 0 Å². The second-order valence-corrected chi connectivity index (χ2v) is 8.64. The first-order valence-electron chi connectivity index (χ1n) is 10.5. The van der Waals surface area contributed by atoms with E-state index in [1.807, 2.05) is 13.1 Å². The van der Waals surface area contributed by atoms with Crippen LogP contribution in [-0.2, 0) is 4.74 Å². The minimum atomic E-state index is -0.595. The molecule has 0 aliphatic carbocycles. The first kappa shape index (κ1) is 23.1. The van der Waals surface area contributed by atoms with Crippen LogP contribution in [0.3, 0.4) is 0 Å². The van der Waals surface area contributed by atoms with Crippen molar-refractivity contribution in [2.75, 3.05) is 30.4 Å². The lowest BCUT2D eigenvalue weighted by molar-refractivity contribution is -0.384. The summed E-state index contributed by atoms with van der Waals surface area (Å²) in [6.45, 7) is 7.06. The van der Waals surface area contributed by atoms with Gasteiger partial charge in [0, 0.05) is 42.5 Å². The van der Waals surface area contributed by atoms with Crippen LogP contribution in [0.1, 0.15) is 38.3 Å². The highest BCUT2D eigenvalue weighted by molar-refractivity contribution is 5.85. The van der Waals surface area contributed by atoms with Gasteiger partial charge in [0.15, 0.2) is 0 Å². The summed E-state index contributed by atoms with van der Waals surface area (Å²) in [5.41, 5.74) is 2.11. The maximum atomic E-state index is 12.0. The summed E-state index contributed by atoms with van der Waals surface area (Å²) in [5, 5.41) is 17.3. The van der Waals surface area contributed by atoms with Gasteiger partial charge in [0.2, 0.25) is 0 Å². The van der Waals surface area contributed by atoms with E-state index < -0.39 is 16.6 Å². The summed E-state index contributed by atoms with van der Waals surface area (Å²) in [6.07, 6.45) is 0.454. The number of ether oxygens (including phenoxy) is 1. The van der Waals surface area contributed by atoms with E-state index in [0.717, 1.165) is 25.2 Å². The van der Waals surface area contributed by atoms with E-state index in [4.69, 9.17) is 4.74 Å². The molecule has 2 aromatic carbocycles. The van der Waals surface area contributed by atoms with Crippen molar-refractivity contribution < 1.29 is 14.5 Å². The van der Waals surface area contributed by atoms with Crippen molar-refractivity contribution in [2.24, 2.45) is 0 Å². The molecule has 0 aromatic heterocycles. The van der Waals surface area contributed by atoms with Gasteiger partial charge in [-0.25, -0.2) is 4.79 Å². The molecule has 2 N–H and O–H groups in total. The quantitative estimate of drug-likeness (QED) is 0.425. The molecule has 3 rings (SSSR count). The van der Waals surface area contributed by atoms with E-state index in [2.05, 4.69) is 27.4 Å². The minimum absolute atomic E-state index is 0.00255. The number of nitro groups is 1. The number of likely N-dealkylation sites (N-methyl/N-ethyl adjacent to an activating group) is 1. The van der Waals surface area contributed by atoms with E-state index in [9.17, 15) is 14.9 Å². The van der Waals surface area contributed by atoms with E-state index in [0.29, 0.717) is 22.9 Å². The van der Waals surface area contributed by atoms with Crippen molar-refractivity contribution in [3.8, 4) is 11.8 Å². The fourth-order valence-electron chi connectivity index (χ4n) is 3.46. The second kappa shape index (κ2) is 9.71. The largest absolute Gasteiger partial charge is 0.444 e. The molecule has 1 aliphatic heterocycles. The van der Waals surface area contributed by atoms with Gasteiger partial charge in [-0.1, -0.05) is 17.9 Å². The molecule has 1 fully saturated rings. The fourth-order valence-corrected chi connectivity index (χ4v) is 3.46. The number of carbonyl (C=O) groups excluding carboxylic acids is 1. The Bertz CT molecular complexity index is 1070. The van der Waals surface area contributed by atoms with Crippen LogP contribution in [0, 0.1) is 22.0 Å². The van der Waals surface area contributed by atoms with Crippen LogP contribution in [0.15, 0.2) is 42.5 Å². The van der Waals surface area contributed by atoms with Gasteiger partial charge in [0.25, 0.3) is 5.69 Å². The fraction of sp³-hybridized carbons (Fsp3) is 0.375. The minimum Gasteiger partial charge on any atom is -0.444 e. The van der Waals surface area contributed by atoms with Gasteiger partial charge in [0.1, 0.15) is 5.60 Å². The molecule has 32 heavy (non-hydrogen) atoms. The predicted molar refractivity (Wildman–Crippen MR) is 125 cm³/mol. The Morgan fingerprint density at radius 1 is 1.22 bits per heavy atom. The van der Waals surface area contributed by atoms with Gasteiger partial charge in [-0.3, -0.25) is 15.4 Å². The van der Waals surface area contributed by atoms with Crippen molar-refractivity contribution in [3.63, 3.8) is 0 Å². The zero-order valence-corrected chi connectivity index (χ0v) is 18.8. The van der Waals surface area contributed by atoms with Crippen LogP contribution in [0.2, 0.25) is 0 Å². The third kappa shape index (κ3) is 6.22.